The number of ether oxygens (including phenoxy) is 2. The number of carboxylic acid groups (broad SMARTS) is 1. The van der Waals surface area contributed by atoms with Gasteiger partial charge in [0, 0.05) is 18.2 Å². The minimum absolute atomic E-state index is 0.0731. The predicted molar refractivity (Wildman–Crippen MR) is 143 cm³/mol. The first-order valence-corrected chi connectivity index (χ1v) is 13.5. The van der Waals surface area contributed by atoms with Crippen LogP contribution in [0.1, 0.15) is 59.4 Å². The summed E-state index contributed by atoms with van der Waals surface area (Å²) in [5, 5.41) is 18.6. The van der Waals surface area contributed by atoms with Crippen LogP contribution in [0.2, 0.25) is 0 Å². The summed E-state index contributed by atoms with van der Waals surface area (Å²) in [6.45, 7) is 5.27. The number of nitriles is 1. The van der Waals surface area contributed by atoms with Gasteiger partial charge in [-0.3, -0.25) is 4.79 Å². The molecule has 0 bridgehead atoms. The third-order valence-electron chi connectivity index (χ3n) is 8.54. The normalized spacial score (nSPS) is 21.7. The molecule has 6 nitrogen and oxygen atoms in total. The average molecular weight is 509 g/mol. The topological polar surface area (TPSA) is 92.4 Å². The summed E-state index contributed by atoms with van der Waals surface area (Å²) in [6.07, 6.45) is 6.48. The maximum atomic E-state index is 11.3. The van der Waals surface area contributed by atoms with Gasteiger partial charge >= 0.3 is 5.97 Å². The van der Waals surface area contributed by atoms with Crippen molar-refractivity contribution in [1.29, 1.82) is 5.26 Å². The van der Waals surface area contributed by atoms with Gasteiger partial charge in [0.15, 0.2) is 0 Å². The van der Waals surface area contributed by atoms with Gasteiger partial charge in [0.2, 0.25) is 5.88 Å². The molecule has 3 atom stereocenters. The standard InChI is InChI=1S/C32H32N2O4/c1-19-11-24(37-10-4-7-32(18-33)8-9-32)12-20(2)28(19)22-6-3-5-21(13-22)17-38-27-15-23-14-25-29(26(23)16-34-27)30(25)31(35)36/h3,5-6,11-13,15-16,25,29-30H,4,7-10,14,17H2,1-2H3,(H,35,36)/t25-,29-,30+/m1/s1. The highest BCUT2D eigenvalue weighted by atomic mass is 16.5. The van der Waals surface area contributed by atoms with Crippen LogP contribution >= 0.6 is 0 Å². The van der Waals surface area contributed by atoms with Crippen molar-refractivity contribution in [2.75, 3.05) is 6.61 Å². The highest BCUT2D eigenvalue weighted by Crippen LogP contribution is 2.61. The van der Waals surface area contributed by atoms with Crippen LogP contribution in [0.25, 0.3) is 11.1 Å². The number of carboxylic acids is 1. The first-order valence-electron chi connectivity index (χ1n) is 13.5. The summed E-state index contributed by atoms with van der Waals surface area (Å²) in [5.74, 6) is 0.867. The molecule has 6 rings (SSSR count). The second kappa shape index (κ2) is 9.47. The Morgan fingerprint density at radius 2 is 1.95 bits per heavy atom. The van der Waals surface area contributed by atoms with E-state index in [4.69, 9.17) is 9.47 Å². The number of aromatic nitrogens is 1. The van der Waals surface area contributed by atoms with Gasteiger partial charge < -0.3 is 14.6 Å². The van der Waals surface area contributed by atoms with Crippen molar-refractivity contribution >= 4 is 5.97 Å². The molecule has 6 heteroatoms. The molecule has 194 valence electrons. The summed E-state index contributed by atoms with van der Waals surface area (Å²) >= 11 is 0. The maximum Gasteiger partial charge on any atom is 0.307 e. The van der Waals surface area contributed by atoms with E-state index < -0.39 is 5.97 Å². The van der Waals surface area contributed by atoms with E-state index in [1.54, 1.807) is 6.20 Å². The lowest BCUT2D eigenvalue weighted by atomic mass is 9.94. The summed E-state index contributed by atoms with van der Waals surface area (Å²) in [6, 6.07) is 17.0. The minimum Gasteiger partial charge on any atom is -0.494 e. The largest absolute Gasteiger partial charge is 0.494 e. The molecule has 1 N–H and O–H groups in total. The lowest BCUT2D eigenvalue weighted by Gasteiger charge is -2.15. The molecule has 2 saturated carbocycles. The van der Waals surface area contributed by atoms with Crippen molar-refractivity contribution in [3.05, 3.63) is 76.5 Å². The van der Waals surface area contributed by atoms with Gasteiger partial charge in [0.05, 0.1) is 24.0 Å². The van der Waals surface area contributed by atoms with Crippen LogP contribution in [0.3, 0.4) is 0 Å². The smallest absolute Gasteiger partial charge is 0.307 e. The molecule has 3 aromatic rings. The van der Waals surface area contributed by atoms with Gasteiger partial charge in [0.1, 0.15) is 12.4 Å². The Hall–Kier alpha value is -3.85. The molecule has 0 spiro atoms. The quantitative estimate of drug-likeness (QED) is 0.320. The van der Waals surface area contributed by atoms with Crippen molar-refractivity contribution in [3.63, 3.8) is 0 Å². The fourth-order valence-electron chi connectivity index (χ4n) is 6.29. The highest BCUT2D eigenvalue weighted by molar-refractivity contribution is 5.77. The van der Waals surface area contributed by atoms with Crippen LogP contribution in [0.15, 0.2) is 48.7 Å². The summed E-state index contributed by atoms with van der Waals surface area (Å²) < 4.78 is 12.1. The zero-order valence-electron chi connectivity index (χ0n) is 21.9. The number of aryl methyl sites for hydroxylation is 2. The third-order valence-corrected chi connectivity index (χ3v) is 8.54. The molecule has 3 aliphatic rings. The van der Waals surface area contributed by atoms with E-state index >= 15 is 0 Å². The Morgan fingerprint density at radius 3 is 2.66 bits per heavy atom. The Bertz CT molecular complexity index is 1430. The van der Waals surface area contributed by atoms with Crippen LogP contribution in [0.4, 0.5) is 0 Å². The van der Waals surface area contributed by atoms with Crippen molar-refractivity contribution in [3.8, 4) is 28.8 Å². The molecule has 0 saturated heterocycles. The highest BCUT2D eigenvalue weighted by Gasteiger charge is 2.59. The van der Waals surface area contributed by atoms with Crippen LogP contribution in [0.5, 0.6) is 11.6 Å². The number of aliphatic carboxylic acids is 1. The zero-order chi connectivity index (χ0) is 26.4. The Balaban J connectivity index is 1.09. The third kappa shape index (κ3) is 4.62. The van der Waals surface area contributed by atoms with Gasteiger partial charge in [-0.2, -0.15) is 5.26 Å². The average Bonchev–Trinajstić information content (AvgIpc) is 3.80. The number of pyridine rings is 1. The lowest BCUT2D eigenvalue weighted by molar-refractivity contribution is -0.139. The van der Waals surface area contributed by atoms with E-state index in [0.29, 0.717) is 19.1 Å². The number of nitrogens with zero attached hydrogens (tertiary/aromatic N) is 2. The van der Waals surface area contributed by atoms with E-state index in [0.717, 1.165) is 65.7 Å². The molecule has 2 aromatic carbocycles. The monoisotopic (exact) mass is 508 g/mol. The lowest BCUT2D eigenvalue weighted by Crippen LogP contribution is -2.06. The van der Waals surface area contributed by atoms with E-state index in [2.05, 4.69) is 61.3 Å². The molecule has 2 fully saturated rings. The number of fused-ring (bicyclic) bond motifs is 3. The molecule has 38 heavy (non-hydrogen) atoms. The van der Waals surface area contributed by atoms with Gasteiger partial charge in [-0.05, 0) is 109 Å². The van der Waals surface area contributed by atoms with E-state index in [1.807, 2.05) is 6.07 Å². The van der Waals surface area contributed by atoms with Crippen LogP contribution in [0, 0.1) is 42.4 Å². The first kappa shape index (κ1) is 24.5. The Labute approximate surface area is 223 Å². The summed E-state index contributed by atoms with van der Waals surface area (Å²) in [4.78, 5) is 15.8. The van der Waals surface area contributed by atoms with E-state index in [1.165, 1.54) is 11.1 Å². The number of hydrogen-bond acceptors (Lipinski definition) is 5. The van der Waals surface area contributed by atoms with Crippen LogP contribution in [-0.2, 0) is 17.8 Å². The SMILES string of the molecule is Cc1cc(OCCCC2(C#N)CC2)cc(C)c1-c1cccc(COc2cc3c(cn2)[C@H]2[C@@H](C3)[C@@H]2C(=O)O)c1. The molecule has 0 amide bonds. The number of benzene rings is 2. The van der Waals surface area contributed by atoms with Gasteiger partial charge in [0.25, 0.3) is 0 Å². The number of carbonyl (C=O) groups is 1. The van der Waals surface area contributed by atoms with E-state index in [9.17, 15) is 15.2 Å². The molecule has 0 aliphatic heterocycles. The predicted octanol–water partition coefficient (Wildman–Crippen LogP) is 6.38. The summed E-state index contributed by atoms with van der Waals surface area (Å²) in [5.41, 5.74) is 7.88. The minimum atomic E-state index is -0.697. The number of hydrogen-bond donors (Lipinski definition) is 1. The summed E-state index contributed by atoms with van der Waals surface area (Å²) in [7, 11) is 0. The molecule has 0 radical (unpaired) electrons. The van der Waals surface area contributed by atoms with Gasteiger partial charge in [-0.1, -0.05) is 18.2 Å². The molecule has 1 aromatic heterocycles. The molecular formula is C32H32N2O4. The van der Waals surface area contributed by atoms with Crippen LogP contribution < -0.4 is 9.47 Å². The zero-order valence-corrected chi connectivity index (χ0v) is 21.9. The van der Waals surface area contributed by atoms with Crippen LogP contribution in [-0.4, -0.2) is 22.7 Å². The number of rotatable bonds is 10. The molecule has 0 unspecified atom stereocenters. The van der Waals surface area contributed by atoms with Crippen molar-refractivity contribution in [2.45, 2.75) is 58.5 Å². The fourth-order valence-corrected chi connectivity index (χ4v) is 6.29. The first-order chi connectivity index (χ1) is 18.4. The molecule has 3 aliphatic carbocycles. The van der Waals surface area contributed by atoms with Crippen molar-refractivity contribution < 1.29 is 19.4 Å². The second-order valence-corrected chi connectivity index (χ2v) is 11.2. The Kier molecular flexibility index (Phi) is 6.10. The fraction of sp³-hybridized carbons (Fsp3) is 0.406. The maximum absolute atomic E-state index is 11.3. The molecular weight excluding hydrogens is 476 g/mol. The van der Waals surface area contributed by atoms with Gasteiger partial charge in [-0.15, -0.1) is 0 Å². The molecule has 1 heterocycles. The van der Waals surface area contributed by atoms with Gasteiger partial charge in [-0.25, -0.2) is 4.98 Å². The van der Waals surface area contributed by atoms with Crippen molar-refractivity contribution in [2.24, 2.45) is 17.3 Å². The second-order valence-electron chi connectivity index (χ2n) is 11.2. The Morgan fingerprint density at radius 1 is 1.16 bits per heavy atom. The van der Waals surface area contributed by atoms with Crippen molar-refractivity contribution in [1.82, 2.24) is 4.98 Å². The van der Waals surface area contributed by atoms with E-state index in [-0.39, 0.29) is 23.2 Å².